The Bertz CT molecular complexity index is 620. The van der Waals surface area contributed by atoms with Gasteiger partial charge in [-0.1, -0.05) is 19.3 Å². The molecule has 0 spiro atoms. The van der Waals surface area contributed by atoms with E-state index in [1.54, 1.807) is 10.9 Å². The number of hydrogen-bond donors (Lipinski definition) is 0. The second kappa shape index (κ2) is 7.02. The number of hydrogen-bond acceptors (Lipinski definition) is 3. The third-order valence-electron chi connectivity index (χ3n) is 4.75. The second-order valence-corrected chi connectivity index (χ2v) is 6.56. The molecular formula is C18H25N3O2. The molecule has 1 saturated carbocycles. The van der Waals surface area contributed by atoms with Crippen molar-refractivity contribution in [2.24, 2.45) is 13.0 Å². The molecule has 2 heterocycles. The molecule has 1 amide bonds. The van der Waals surface area contributed by atoms with Gasteiger partial charge in [-0.25, -0.2) is 0 Å². The van der Waals surface area contributed by atoms with Crippen LogP contribution in [0, 0.1) is 12.8 Å². The fourth-order valence-corrected chi connectivity index (χ4v) is 3.32. The number of furan rings is 1. The van der Waals surface area contributed by atoms with Gasteiger partial charge in [-0.05, 0) is 43.9 Å². The fourth-order valence-electron chi connectivity index (χ4n) is 3.32. The number of carbonyl (C=O) groups excluding carboxylic acids is 1. The summed E-state index contributed by atoms with van der Waals surface area (Å²) < 4.78 is 7.20. The third kappa shape index (κ3) is 3.84. The van der Waals surface area contributed by atoms with Gasteiger partial charge in [-0.2, -0.15) is 5.10 Å². The van der Waals surface area contributed by atoms with Crippen molar-refractivity contribution < 1.29 is 9.21 Å². The number of rotatable bonds is 5. The van der Waals surface area contributed by atoms with Crippen molar-refractivity contribution in [3.63, 3.8) is 0 Å². The Kier molecular flexibility index (Phi) is 4.84. The Balaban J connectivity index is 1.76. The van der Waals surface area contributed by atoms with E-state index < -0.39 is 0 Å². The zero-order valence-corrected chi connectivity index (χ0v) is 14.0. The summed E-state index contributed by atoms with van der Waals surface area (Å²) in [4.78, 5) is 14.8. The standard InChI is InChI=1S/C18H25N3O2/c1-14-11-17(19-20(14)2)18(22)21(13-16-9-6-10-23-16)12-15-7-4-3-5-8-15/h6,9-11,15H,3-5,7-8,12-13H2,1-2H3. The number of aromatic nitrogens is 2. The van der Waals surface area contributed by atoms with Crippen molar-refractivity contribution in [3.8, 4) is 0 Å². The van der Waals surface area contributed by atoms with Gasteiger partial charge in [0.1, 0.15) is 5.76 Å². The topological polar surface area (TPSA) is 51.3 Å². The van der Waals surface area contributed by atoms with Crippen LogP contribution in [0.15, 0.2) is 28.9 Å². The molecule has 1 aliphatic rings. The second-order valence-electron chi connectivity index (χ2n) is 6.56. The molecule has 1 aliphatic carbocycles. The lowest BCUT2D eigenvalue weighted by Gasteiger charge is -2.29. The lowest BCUT2D eigenvalue weighted by atomic mass is 9.89. The molecule has 0 unspecified atom stereocenters. The van der Waals surface area contributed by atoms with E-state index in [0.717, 1.165) is 18.0 Å². The lowest BCUT2D eigenvalue weighted by Crippen LogP contribution is -2.35. The van der Waals surface area contributed by atoms with Gasteiger partial charge in [0.2, 0.25) is 0 Å². The summed E-state index contributed by atoms with van der Waals surface area (Å²) in [7, 11) is 1.87. The molecule has 0 radical (unpaired) electrons. The van der Waals surface area contributed by atoms with Crippen molar-refractivity contribution >= 4 is 5.91 Å². The van der Waals surface area contributed by atoms with Gasteiger partial charge in [-0.3, -0.25) is 9.48 Å². The highest BCUT2D eigenvalue weighted by Gasteiger charge is 2.24. The molecular weight excluding hydrogens is 290 g/mol. The molecule has 23 heavy (non-hydrogen) atoms. The van der Waals surface area contributed by atoms with Gasteiger partial charge in [0.05, 0.1) is 12.8 Å². The molecule has 0 atom stereocenters. The molecule has 1 fully saturated rings. The van der Waals surface area contributed by atoms with Crippen molar-refractivity contribution in [3.05, 3.63) is 41.6 Å². The van der Waals surface area contributed by atoms with E-state index >= 15 is 0 Å². The average Bonchev–Trinajstić information content (AvgIpc) is 3.17. The largest absolute Gasteiger partial charge is 0.467 e. The normalized spacial score (nSPS) is 15.7. The minimum atomic E-state index is -0.00401. The van der Waals surface area contributed by atoms with Crippen LogP contribution in [-0.2, 0) is 13.6 Å². The smallest absolute Gasteiger partial charge is 0.274 e. The van der Waals surface area contributed by atoms with Gasteiger partial charge < -0.3 is 9.32 Å². The Labute approximate surface area is 137 Å². The first kappa shape index (κ1) is 15.8. The Morgan fingerprint density at radius 3 is 2.78 bits per heavy atom. The van der Waals surface area contributed by atoms with Gasteiger partial charge in [0, 0.05) is 19.3 Å². The van der Waals surface area contributed by atoms with Crippen LogP contribution in [0.5, 0.6) is 0 Å². The number of carbonyl (C=O) groups is 1. The maximum absolute atomic E-state index is 12.9. The molecule has 0 aliphatic heterocycles. The minimum Gasteiger partial charge on any atom is -0.467 e. The van der Waals surface area contributed by atoms with E-state index in [2.05, 4.69) is 5.10 Å². The zero-order valence-electron chi connectivity index (χ0n) is 14.0. The molecule has 2 aromatic heterocycles. The SMILES string of the molecule is Cc1cc(C(=O)N(Cc2ccco2)CC2CCCCC2)nn1C. The molecule has 0 N–H and O–H groups in total. The van der Waals surface area contributed by atoms with Crippen LogP contribution in [0.25, 0.3) is 0 Å². The van der Waals surface area contributed by atoms with Gasteiger partial charge in [-0.15, -0.1) is 0 Å². The maximum Gasteiger partial charge on any atom is 0.274 e. The lowest BCUT2D eigenvalue weighted by molar-refractivity contribution is 0.0678. The molecule has 124 valence electrons. The van der Waals surface area contributed by atoms with Crippen LogP contribution >= 0.6 is 0 Å². The van der Waals surface area contributed by atoms with Crippen LogP contribution in [0.4, 0.5) is 0 Å². The quantitative estimate of drug-likeness (QED) is 0.848. The molecule has 5 heteroatoms. The summed E-state index contributed by atoms with van der Waals surface area (Å²) >= 11 is 0. The molecule has 0 saturated heterocycles. The molecule has 0 aromatic carbocycles. The number of amides is 1. The average molecular weight is 315 g/mol. The van der Waals surface area contributed by atoms with Crippen molar-refractivity contribution in [2.75, 3.05) is 6.54 Å². The summed E-state index contributed by atoms with van der Waals surface area (Å²) in [5, 5.41) is 4.35. The van der Waals surface area contributed by atoms with Crippen LogP contribution in [0.3, 0.4) is 0 Å². The van der Waals surface area contributed by atoms with E-state index in [1.165, 1.54) is 32.1 Å². The predicted octanol–water partition coefficient (Wildman–Crippen LogP) is 3.54. The first-order valence-corrected chi connectivity index (χ1v) is 8.46. The van der Waals surface area contributed by atoms with Crippen LogP contribution in [0.2, 0.25) is 0 Å². The Hall–Kier alpha value is -2.04. The van der Waals surface area contributed by atoms with E-state index in [1.807, 2.05) is 37.1 Å². The monoisotopic (exact) mass is 315 g/mol. The van der Waals surface area contributed by atoms with Crippen LogP contribution < -0.4 is 0 Å². The van der Waals surface area contributed by atoms with E-state index in [-0.39, 0.29) is 5.91 Å². The first-order valence-electron chi connectivity index (χ1n) is 8.46. The highest BCUT2D eigenvalue weighted by Crippen LogP contribution is 2.25. The van der Waals surface area contributed by atoms with E-state index in [4.69, 9.17) is 4.42 Å². The Morgan fingerprint density at radius 1 is 1.39 bits per heavy atom. The van der Waals surface area contributed by atoms with E-state index in [9.17, 15) is 4.79 Å². The molecule has 3 rings (SSSR count). The number of nitrogens with zero attached hydrogens (tertiary/aromatic N) is 3. The predicted molar refractivity (Wildman–Crippen MR) is 88.0 cm³/mol. The summed E-state index contributed by atoms with van der Waals surface area (Å²) in [5.41, 5.74) is 1.51. The summed E-state index contributed by atoms with van der Waals surface area (Å²) in [6.45, 7) is 3.26. The van der Waals surface area contributed by atoms with Gasteiger partial charge >= 0.3 is 0 Å². The molecule has 2 aromatic rings. The van der Waals surface area contributed by atoms with Crippen molar-refractivity contribution in [2.45, 2.75) is 45.6 Å². The Morgan fingerprint density at radius 2 is 2.17 bits per heavy atom. The summed E-state index contributed by atoms with van der Waals surface area (Å²) in [5.74, 6) is 1.41. The van der Waals surface area contributed by atoms with Crippen LogP contribution in [-0.4, -0.2) is 27.1 Å². The fraction of sp³-hybridized carbons (Fsp3) is 0.556. The van der Waals surface area contributed by atoms with Crippen LogP contribution in [0.1, 0.15) is 54.0 Å². The highest BCUT2D eigenvalue weighted by atomic mass is 16.3. The minimum absolute atomic E-state index is 0.00401. The zero-order chi connectivity index (χ0) is 16.2. The number of aryl methyl sites for hydroxylation is 2. The summed E-state index contributed by atoms with van der Waals surface area (Å²) in [6.07, 6.45) is 7.95. The van der Waals surface area contributed by atoms with Gasteiger partial charge in [0.15, 0.2) is 5.69 Å². The maximum atomic E-state index is 12.9. The first-order chi connectivity index (χ1) is 11.1. The summed E-state index contributed by atoms with van der Waals surface area (Å²) in [6, 6.07) is 5.65. The highest BCUT2D eigenvalue weighted by molar-refractivity contribution is 5.92. The van der Waals surface area contributed by atoms with Crippen molar-refractivity contribution in [1.82, 2.24) is 14.7 Å². The third-order valence-corrected chi connectivity index (χ3v) is 4.75. The molecule has 0 bridgehead atoms. The van der Waals surface area contributed by atoms with Crippen molar-refractivity contribution in [1.29, 1.82) is 0 Å². The molecule has 5 nitrogen and oxygen atoms in total. The van der Waals surface area contributed by atoms with E-state index in [0.29, 0.717) is 18.2 Å². The van der Waals surface area contributed by atoms with Gasteiger partial charge in [0.25, 0.3) is 5.91 Å².